The first-order valence-corrected chi connectivity index (χ1v) is 5.78. The average molecular weight is 212 g/mol. The minimum absolute atomic E-state index is 0.179. The first kappa shape index (κ1) is 10.9. The third-order valence-corrected chi connectivity index (χ3v) is 3.81. The molecule has 2 heteroatoms. The zero-order valence-electron chi connectivity index (χ0n) is 9.53. The maximum Gasteiger partial charge on any atom is 0.0848 e. The molecule has 16 heavy (non-hydrogen) atoms. The Morgan fingerprint density at radius 1 is 1.44 bits per heavy atom. The minimum Gasteiger partial charge on any atom is -0.307 e. The van der Waals surface area contributed by atoms with Gasteiger partial charge in [-0.25, -0.2) is 0 Å². The molecule has 0 spiro atoms. The van der Waals surface area contributed by atoms with Crippen molar-refractivity contribution in [3.05, 3.63) is 35.9 Å². The van der Waals surface area contributed by atoms with Crippen LogP contribution in [0.4, 0.5) is 0 Å². The molecule has 1 aliphatic carbocycles. The highest BCUT2D eigenvalue weighted by atomic mass is 14.6. The average Bonchev–Trinajstić information content (AvgIpc) is 2.68. The Balaban J connectivity index is 2.43. The molecule has 1 aromatic rings. The molecule has 0 aromatic heterocycles. The van der Waals surface area contributed by atoms with Gasteiger partial charge in [0.1, 0.15) is 0 Å². The van der Waals surface area contributed by atoms with E-state index in [1.165, 1.54) is 5.56 Å². The maximum atomic E-state index is 9.02. The number of nitrogens with one attached hydrogen (secondary N) is 1. The summed E-state index contributed by atoms with van der Waals surface area (Å²) in [6, 6.07) is 12.4. The van der Waals surface area contributed by atoms with Crippen molar-refractivity contribution in [3.63, 3.8) is 0 Å². The van der Waals surface area contributed by atoms with Crippen molar-refractivity contribution in [3.8, 4) is 6.07 Å². The van der Waals surface area contributed by atoms with Crippen molar-refractivity contribution in [1.82, 2.24) is 0 Å². The lowest BCUT2D eigenvalue weighted by molar-refractivity contribution is 0.536. The van der Waals surface area contributed by atoms with Gasteiger partial charge < -0.3 is 5.41 Å². The fraction of sp³-hybridized carbons (Fsp3) is 0.429. The van der Waals surface area contributed by atoms with E-state index in [9.17, 15) is 0 Å². The van der Waals surface area contributed by atoms with Crippen LogP contribution < -0.4 is 0 Å². The molecule has 2 rings (SSSR count). The van der Waals surface area contributed by atoms with Crippen LogP contribution in [0.3, 0.4) is 0 Å². The molecule has 0 unspecified atom stereocenters. The van der Waals surface area contributed by atoms with Gasteiger partial charge in [-0.15, -0.1) is 0 Å². The Morgan fingerprint density at radius 3 is 2.62 bits per heavy atom. The van der Waals surface area contributed by atoms with Crippen LogP contribution in [0.1, 0.15) is 31.7 Å². The van der Waals surface area contributed by atoms with Gasteiger partial charge in [0.05, 0.1) is 12.0 Å². The topological polar surface area (TPSA) is 47.6 Å². The smallest absolute Gasteiger partial charge is 0.0848 e. The molecular weight excluding hydrogens is 196 g/mol. The molecule has 0 aliphatic heterocycles. The van der Waals surface area contributed by atoms with Crippen molar-refractivity contribution < 1.29 is 0 Å². The summed E-state index contributed by atoms with van der Waals surface area (Å²) in [5.74, 6) is -0.180. The summed E-state index contributed by atoms with van der Waals surface area (Å²) >= 11 is 0. The van der Waals surface area contributed by atoms with Crippen LogP contribution in [0.2, 0.25) is 0 Å². The van der Waals surface area contributed by atoms with E-state index >= 15 is 0 Å². The molecular formula is C14H16N2. The van der Waals surface area contributed by atoms with Crippen molar-refractivity contribution >= 4 is 5.71 Å². The molecule has 2 nitrogen and oxygen atoms in total. The van der Waals surface area contributed by atoms with Crippen LogP contribution in [-0.2, 0) is 5.41 Å². The lowest BCUT2D eigenvalue weighted by Crippen LogP contribution is -2.31. The summed E-state index contributed by atoms with van der Waals surface area (Å²) in [4.78, 5) is 0. The molecule has 1 aromatic carbocycles. The van der Waals surface area contributed by atoms with Gasteiger partial charge >= 0.3 is 0 Å². The van der Waals surface area contributed by atoms with Gasteiger partial charge in [-0.2, -0.15) is 5.26 Å². The largest absolute Gasteiger partial charge is 0.307 e. The van der Waals surface area contributed by atoms with Crippen molar-refractivity contribution in [2.75, 3.05) is 0 Å². The van der Waals surface area contributed by atoms with E-state index in [0.717, 1.165) is 19.3 Å². The van der Waals surface area contributed by atoms with E-state index in [1.807, 2.05) is 18.2 Å². The molecule has 82 valence electrons. The van der Waals surface area contributed by atoms with Gasteiger partial charge in [0.2, 0.25) is 0 Å². The first-order chi connectivity index (χ1) is 7.74. The predicted octanol–water partition coefficient (Wildman–Crippen LogP) is 3.29. The second kappa shape index (κ2) is 4.09. The Kier molecular flexibility index (Phi) is 2.78. The van der Waals surface area contributed by atoms with Crippen molar-refractivity contribution in [2.45, 2.75) is 31.6 Å². The third kappa shape index (κ3) is 1.44. The highest BCUT2D eigenvalue weighted by molar-refractivity contribution is 5.97. The normalized spacial score (nSPS) is 29.0. The predicted molar refractivity (Wildman–Crippen MR) is 64.5 cm³/mol. The van der Waals surface area contributed by atoms with Gasteiger partial charge in [0, 0.05) is 11.1 Å². The quantitative estimate of drug-likeness (QED) is 0.803. The van der Waals surface area contributed by atoms with Crippen LogP contribution in [0.5, 0.6) is 0 Å². The summed E-state index contributed by atoms with van der Waals surface area (Å²) in [7, 11) is 0. The Labute approximate surface area is 96.4 Å². The lowest BCUT2D eigenvalue weighted by Gasteiger charge is -2.28. The van der Waals surface area contributed by atoms with Crippen LogP contribution in [-0.4, -0.2) is 5.71 Å². The Morgan fingerprint density at radius 2 is 2.12 bits per heavy atom. The molecule has 0 heterocycles. The zero-order chi connectivity index (χ0) is 11.6. The fourth-order valence-corrected chi connectivity index (χ4v) is 2.76. The number of hydrogen-bond acceptors (Lipinski definition) is 2. The number of nitrogens with zero attached hydrogens (tertiary/aromatic N) is 1. The maximum absolute atomic E-state index is 9.02. The molecule has 2 atom stereocenters. The Hall–Kier alpha value is -1.62. The van der Waals surface area contributed by atoms with Crippen molar-refractivity contribution in [2.24, 2.45) is 5.92 Å². The van der Waals surface area contributed by atoms with Gasteiger partial charge in [0.15, 0.2) is 0 Å². The molecule has 1 saturated carbocycles. The second-order valence-electron chi connectivity index (χ2n) is 4.44. The van der Waals surface area contributed by atoms with E-state index in [2.05, 4.69) is 25.1 Å². The molecule has 1 aliphatic rings. The fourth-order valence-electron chi connectivity index (χ4n) is 2.76. The molecule has 1 N–H and O–H groups in total. The number of hydrogen-bond donors (Lipinski definition) is 1. The summed E-state index contributed by atoms with van der Waals surface area (Å²) in [5.41, 5.74) is 1.63. The molecule has 0 bridgehead atoms. The van der Waals surface area contributed by atoms with E-state index in [-0.39, 0.29) is 11.3 Å². The highest BCUT2D eigenvalue weighted by Crippen LogP contribution is 2.43. The summed E-state index contributed by atoms with van der Waals surface area (Å²) in [6.45, 7) is 2.11. The lowest BCUT2D eigenvalue weighted by atomic mass is 9.75. The highest BCUT2D eigenvalue weighted by Gasteiger charge is 2.44. The molecule has 0 amide bonds. The summed E-state index contributed by atoms with van der Waals surface area (Å²) in [5, 5.41) is 17.2. The minimum atomic E-state index is -0.180. The van der Waals surface area contributed by atoms with Crippen LogP contribution in [0.25, 0.3) is 0 Å². The van der Waals surface area contributed by atoms with E-state index < -0.39 is 0 Å². The van der Waals surface area contributed by atoms with Crippen molar-refractivity contribution in [1.29, 1.82) is 10.7 Å². The first-order valence-electron chi connectivity index (χ1n) is 5.78. The standard InChI is InChI=1S/C14H16N2/c1-2-14(12-6-4-3-5-7-12)9-8-11(10-15)13(14)16/h3-7,11,16H,2,8-9H2,1H3/t11-,14-/m0/s1. The SMILES string of the molecule is CC[C@@]1(c2ccccc2)CC[C@@H](C#N)C1=N. The monoisotopic (exact) mass is 212 g/mol. The van der Waals surface area contributed by atoms with Gasteiger partial charge in [-0.1, -0.05) is 37.3 Å². The van der Waals surface area contributed by atoms with Crippen LogP contribution in [0.15, 0.2) is 30.3 Å². The van der Waals surface area contributed by atoms with E-state index in [0.29, 0.717) is 5.71 Å². The second-order valence-corrected chi connectivity index (χ2v) is 4.44. The summed E-state index contributed by atoms with van der Waals surface area (Å²) in [6.07, 6.45) is 2.68. The van der Waals surface area contributed by atoms with Gasteiger partial charge in [-0.05, 0) is 24.8 Å². The van der Waals surface area contributed by atoms with Crippen LogP contribution >= 0.6 is 0 Å². The van der Waals surface area contributed by atoms with Gasteiger partial charge in [-0.3, -0.25) is 0 Å². The molecule has 0 saturated heterocycles. The number of nitriles is 1. The van der Waals surface area contributed by atoms with E-state index in [4.69, 9.17) is 10.7 Å². The number of rotatable bonds is 2. The third-order valence-electron chi connectivity index (χ3n) is 3.81. The molecule has 0 radical (unpaired) electrons. The molecule has 1 fully saturated rings. The van der Waals surface area contributed by atoms with Gasteiger partial charge in [0.25, 0.3) is 0 Å². The van der Waals surface area contributed by atoms with E-state index in [1.54, 1.807) is 0 Å². The number of benzene rings is 1. The zero-order valence-corrected chi connectivity index (χ0v) is 9.53. The Bertz CT molecular complexity index is 430. The summed E-state index contributed by atoms with van der Waals surface area (Å²) < 4.78 is 0. The van der Waals surface area contributed by atoms with Crippen LogP contribution in [0, 0.1) is 22.7 Å².